The highest BCUT2D eigenvalue weighted by Gasteiger charge is 2.32. The van der Waals surface area contributed by atoms with Crippen LogP contribution in [0.1, 0.15) is 37.0 Å². The van der Waals surface area contributed by atoms with Crippen LogP contribution in [0.5, 0.6) is 0 Å². The highest BCUT2D eigenvalue weighted by atomic mass is 32.2. The maximum Gasteiger partial charge on any atom is 0.270 e. The first-order chi connectivity index (χ1) is 17.3. The van der Waals surface area contributed by atoms with Gasteiger partial charge < -0.3 is 9.80 Å². The topological polar surface area (TPSA) is 72.6 Å². The van der Waals surface area contributed by atoms with Crippen molar-refractivity contribution in [3.63, 3.8) is 0 Å². The van der Waals surface area contributed by atoms with Gasteiger partial charge in [-0.3, -0.25) is 19.1 Å². The molecule has 0 radical (unpaired) electrons. The lowest BCUT2D eigenvalue weighted by molar-refractivity contribution is -0.121. The third kappa shape index (κ3) is 4.77. The first-order valence-corrected chi connectivity index (χ1v) is 13.2. The number of nitrogens with zero attached hydrogens (tertiary/aromatic N) is 5. The third-order valence-corrected chi connectivity index (χ3v) is 7.91. The van der Waals surface area contributed by atoms with E-state index in [9.17, 15) is 19.2 Å². The number of amides is 1. The molecule has 2 saturated heterocycles. The van der Waals surface area contributed by atoms with Crippen LogP contribution in [0, 0.1) is 24.1 Å². The van der Waals surface area contributed by atoms with Crippen molar-refractivity contribution >= 4 is 51.8 Å². The summed E-state index contributed by atoms with van der Waals surface area (Å²) in [5.74, 6) is 0.289. The van der Waals surface area contributed by atoms with Gasteiger partial charge in [0, 0.05) is 50.5 Å². The summed E-state index contributed by atoms with van der Waals surface area (Å²) in [5, 5.41) is 9.80. The normalized spacial score (nSPS) is 17.3. The molecule has 36 heavy (non-hydrogen) atoms. The minimum Gasteiger partial charge on any atom is -0.368 e. The molecule has 4 rings (SSSR count). The van der Waals surface area contributed by atoms with Crippen LogP contribution in [-0.4, -0.2) is 52.4 Å². The van der Waals surface area contributed by atoms with Crippen molar-refractivity contribution in [3.8, 4) is 6.07 Å². The number of rotatable bonds is 6. The van der Waals surface area contributed by atoms with Crippen molar-refractivity contribution in [1.82, 2.24) is 9.47 Å². The van der Waals surface area contributed by atoms with Gasteiger partial charge in [0.25, 0.3) is 11.5 Å². The Morgan fingerprint density at radius 2 is 1.75 bits per heavy atom. The van der Waals surface area contributed by atoms with Crippen LogP contribution in [-0.2, 0) is 11.3 Å². The SMILES string of the molecule is CCCn1c(N2CCN(c3ccc(F)cc3)CC2)c(/C=C2\SC(=S)N(CC)C2=O)c(C)c(C#N)c1=O. The molecule has 0 aliphatic carbocycles. The van der Waals surface area contributed by atoms with Crippen LogP contribution in [0.3, 0.4) is 0 Å². The number of hydrogen-bond donors (Lipinski definition) is 0. The highest BCUT2D eigenvalue weighted by molar-refractivity contribution is 8.26. The molecule has 10 heteroatoms. The summed E-state index contributed by atoms with van der Waals surface area (Å²) in [6, 6.07) is 8.53. The predicted molar refractivity (Wildman–Crippen MR) is 147 cm³/mol. The summed E-state index contributed by atoms with van der Waals surface area (Å²) in [4.78, 5) is 32.7. The summed E-state index contributed by atoms with van der Waals surface area (Å²) in [5.41, 5.74) is 1.99. The van der Waals surface area contributed by atoms with Gasteiger partial charge in [-0.25, -0.2) is 4.39 Å². The molecule has 0 bridgehead atoms. The lowest BCUT2D eigenvalue weighted by Gasteiger charge is -2.39. The van der Waals surface area contributed by atoms with Gasteiger partial charge in [0.2, 0.25) is 0 Å². The molecule has 1 amide bonds. The predicted octanol–water partition coefficient (Wildman–Crippen LogP) is 4.13. The second-order valence-electron chi connectivity index (χ2n) is 8.68. The van der Waals surface area contributed by atoms with Gasteiger partial charge in [-0.15, -0.1) is 0 Å². The van der Waals surface area contributed by atoms with Crippen LogP contribution in [0.25, 0.3) is 6.08 Å². The fraction of sp³-hybridized carbons (Fsp3) is 0.385. The van der Waals surface area contributed by atoms with Gasteiger partial charge in [-0.2, -0.15) is 5.26 Å². The van der Waals surface area contributed by atoms with Crippen molar-refractivity contribution in [3.05, 3.63) is 62.0 Å². The van der Waals surface area contributed by atoms with Crippen LogP contribution in [0.2, 0.25) is 0 Å². The molecular weight excluding hydrogens is 497 g/mol. The lowest BCUT2D eigenvalue weighted by Crippen LogP contribution is -2.48. The molecule has 3 heterocycles. The molecule has 1 aromatic carbocycles. The Balaban J connectivity index is 1.79. The Morgan fingerprint density at radius 3 is 2.31 bits per heavy atom. The largest absolute Gasteiger partial charge is 0.368 e. The first kappa shape index (κ1) is 25.9. The molecule has 2 aromatic rings. The maximum absolute atomic E-state index is 13.4. The van der Waals surface area contributed by atoms with E-state index < -0.39 is 0 Å². The van der Waals surface area contributed by atoms with E-state index in [0.717, 1.165) is 11.5 Å². The Morgan fingerprint density at radius 1 is 1.11 bits per heavy atom. The average molecular weight is 526 g/mol. The number of halogens is 1. The molecule has 0 atom stereocenters. The van der Waals surface area contributed by atoms with Gasteiger partial charge in [-0.1, -0.05) is 30.9 Å². The standard InChI is InChI=1S/C26H28FN5O2S2/c1-4-10-32-23(30-13-11-29(12-14-30)19-8-6-18(27)7-9-19)20(17(3)21(16-28)24(32)33)15-22-25(34)31(5-2)26(35)36-22/h6-9,15H,4-5,10-14H2,1-3H3/b22-15-. The monoisotopic (exact) mass is 525 g/mol. The second-order valence-corrected chi connectivity index (χ2v) is 10.4. The van der Waals surface area contributed by atoms with E-state index in [1.807, 2.05) is 13.8 Å². The van der Waals surface area contributed by atoms with E-state index in [0.29, 0.717) is 66.0 Å². The smallest absolute Gasteiger partial charge is 0.270 e. The molecule has 2 aliphatic rings. The van der Waals surface area contributed by atoms with Gasteiger partial charge in [-0.05, 0) is 56.2 Å². The average Bonchev–Trinajstić information content (AvgIpc) is 3.15. The number of nitriles is 1. The van der Waals surface area contributed by atoms with Gasteiger partial charge in [0.05, 0.1) is 4.91 Å². The van der Waals surface area contributed by atoms with E-state index >= 15 is 0 Å². The number of piperazine rings is 1. The number of aromatic nitrogens is 1. The first-order valence-electron chi connectivity index (χ1n) is 12.0. The van der Waals surface area contributed by atoms with Crippen LogP contribution < -0.4 is 15.4 Å². The van der Waals surface area contributed by atoms with Crippen molar-refractivity contribution < 1.29 is 9.18 Å². The molecule has 0 saturated carbocycles. The summed E-state index contributed by atoms with van der Waals surface area (Å²) >= 11 is 6.63. The number of anilines is 2. The summed E-state index contributed by atoms with van der Waals surface area (Å²) < 4.78 is 15.6. The van der Waals surface area contributed by atoms with Gasteiger partial charge >= 0.3 is 0 Å². The summed E-state index contributed by atoms with van der Waals surface area (Å²) in [7, 11) is 0. The van der Waals surface area contributed by atoms with Crippen LogP contribution in [0.4, 0.5) is 15.9 Å². The highest BCUT2D eigenvalue weighted by Crippen LogP contribution is 2.36. The Labute approximate surface area is 219 Å². The number of pyridine rings is 1. The summed E-state index contributed by atoms with van der Waals surface area (Å²) in [6.07, 6.45) is 2.51. The molecule has 0 unspecified atom stereocenters. The van der Waals surface area contributed by atoms with Crippen molar-refractivity contribution in [2.24, 2.45) is 0 Å². The molecule has 7 nitrogen and oxygen atoms in total. The van der Waals surface area contributed by atoms with Crippen LogP contribution in [0.15, 0.2) is 34.0 Å². The zero-order chi connectivity index (χ0) is 26.0. The Bertz CT molecular complexity index is 1320. The molecule has 188 valence electrons. The number of carbonyl (C=O) groups is 1. The van der Waals surface area contributed by atoms with E-state index in [4.69, 9.17) is 12.2 Å². The van der Waals surface area contributed by atoms with Crippen molar-refractivity contribution in [2.75, 3.05) is 42.5 Å². The number of benzene rings is 1. The van der Waals surface area contributed by atoms with E-state index in [1.54, 1.807) is 34.6 Å². The van der Waals surface area contributed by atoms with Crippen molar-refractivity contribution in [2.45, 2.75) is 33.7 Å². The maximum atomic E-state index is 13.4. The second kappa shape index (κ2) is 10.8. The Kier molecular flexibility index (Phi) is 7.81. The number of hydrogen-bond acceptors (Lipinski definition) is 7. The van der Waals surface area contributed by atoms with E-state index in [2.05, 4.69) is 15.9 Å². The number of likely N-dealkylation sites (N-methyl/N-ethyl adjacent to an activating group) is 1. The number of thiocarbonyl (C=S) groups is 1. The number of carbonyl (C=O) groups excluding carboxylic acids is 1. The quantitative estimate of drug-likeness (QED) is 0.415. The molecule has 2 aliphatic heterocycles. The van der Waals surface area contributed by atoms with Crippen LogP contribution >= 0.6 is 24.0 Å². The Hall–Kier alpha value is -3.16. The molecule has 1 aromatic heterocycles. The number of thioether (sulfide) groups is 1. The fourth-order valence-electron chi connectivity index (χ4n) is 4.65. The molecular formula is C26H28FN5O2S2. The third-order valence-electron chi connectivity index (χ3n) is 6.53. The minimum absolute atomic E-state index is 0.0920. The summed E-state index contributed by atoms with van der Waals surface area (Å²) in [6.45, 7) is 9.19. The zero-order valence-electron chi connectivity index (χ0n) is 20.6. The van der Waals surface area contributed by atoms with Gasteiger partial charge in [0.1, 0.15) is 27.6 Å². The molecule has 0 spiro atoms. The molecule has 2 fully saturated rings. The zero-order valence-corrected chi connectivity index (χ0v) is 22.2. The lowest BCUT2D eigenvalue weighted by atomic mass is 10.0. The minimum atomic E-state index is -0.314. The van der Waals surface area contributed by atoms with Crippen molar-refractivity contribution in [1.29, 1.82) is 5.26 Å². The fourth-order valence-corrected chi connectivity index (χ4v) is 6.01. The van der Waals surface area contributed by atoms with E-state index in [1.165, 1.54) is 23.9 Å². The van der Waals surface area contributed by atoms with E-state index in [-0.39, 0.29) is 22.8 Å². The van der Waals surface area contributed by atoms with Gasteiger partial charge in [0.15, 0.2) is 0 Å². The molecule has 0 N–H and O–H groups in total.